The molecule has 2 N–H and O–H groups in total. The first-order valence-electron chi connectivity index (χ1n) is 9.09. The maximum atomic E-state index is 13.1. The molecule has 0 fully saturated rings. The van der Waals surface area contributed by atoms with Gasteiger partial charge in [0.1, 0.15) is 11.5 Å². The number of aryl methyl sites for hydroxylation is 1. The average Bonchev–Trinajstić information content (AvgIpc) is 3.45. The number of para-hydroxylation sites is 1. The van der Waals surface area contributed by atoms with Crippen molar-refractivity contribution < 1.29 is 9.18 Å². The highest BCUT2D eigenvalue weighted by Crippen LogP contribution is 2.32. The molecule has 0 saturated carbocycles. The second-order valence-electron chi connectivity index (χ2n) is 6.62. The summed E-state index contributed by atoms with van der Waals surface area (Å²) < 4.78 is 15.2. The number of nitrogens with one attached hydrogen (secondary N) is 2. The number of imidazole rings is 1. The molecule has 1 aliphatic rings. The molecule has 0 unspecified atom stereocenters. The van der Waals surface area contributed by atoms with Crippen LogP contribution >= 0.6 is 11.8 Å². The van der Waals surface area contributed by atoms with Crippen LogP contribution < -0.4 is 5.32 Å². The van der Waals surface area contributed by atoms with Gasteiger partial charge in [0.2, 0.25) is 0 Å². The van der Waals surface area contributed by atoms with E-state index in [0.717, 1.165) is 34.3 Å². The number of H-pyrrole nitrogens is 1. The number of carbonyl (C=O) groups is 1. The van der Waals surface area contributed by atoms with Crippen molar-refractivity contribution in [1.82, 2.24) is 19.7 Å². The van der Waals surface area contributed by atoms with Crippen LogP contribution in [0.3, 0.4) is 0 Å². The minimum atomic E-state index is -0.317. The summed E-state index contributed by atoms with van der Waals surface area (Å²) in [5.74, 6) is 0.416. The maximum absolute atomic E-state index is 13.1. The van der Waals surface area contributed by atoms with Crippen molar-refractivity contribution in [2.45, 2.75) is 11.7 Å². The molecule has 0 aliphatic carbocycles. The average molecular weight is 405 g/mol. The Hall–Kier alpha value is -3.39. The van der Waals surface area contributed by atoms with Gasteiger partial charge in [-0.2, -0.15) is 5.10 Å². The highest BCUT2D eigenvalue weighted by Gasteiger charge is 2.18. The Labute approximate surface area is 170 Å². The van der Waals surface area contributed by atoms with Crippen molar-refractivity contribution in [3.63, 3.8) is 0 Å². The number of aromatic amines is 1. The standard InChI is InChI=1S/C21H16FN5OS/c22-14-7-5-13(6-8-14)17-11-18(26-25-17)20(28)23-16-4-2-1-3-15(16)19-12-27-9-10-29-21(27)24-19/h1-8,11-12H,9-10H2,(H,23,28)(H,25,26). The molecular formula is C21H16FN5OS. The van der Waals surface area contributed by atoms with Crippen LogP contribution in [-0.2, 0) is 6.54 Å². The van der Waals surface area contributed by atoms with Gasteiger partial charge in [-0.25, -0.2) is 9.37 Å². The lowest BCUT2D eigenvalue weighted by Crippen LogP contribution is -2.13. The highest BCUT2D eigenvalue weighted by atomic mass is 32.2. The number of aromatic nitrogens is 4. The van der Waals surface area contributed by atoms with Crippen LogP contribution in [0.25, 0.3) is 22.5 Å². The number of benzene rings is 2. The van der Waals surface area contributed by atoms with E-state index in [2.05, 4.69) is 25.1 Å². The summed E-state index contributed by atoms with van der Waals surface area (Å²) >= 11 is 1.73. The van der Waals surface area contributed by atoms with Crippen LogP contribution in [0.1, 0.15) is 10.5 Å². The third-order valence-corrected chi connectivity index (χ3v) is 5.69. The molecule has 1 aliphatic heterocycles. The van der Waals surface area contributed by atoms with Gasteiger partial charge in [0, 0.05) is 29.6 Å². The number of fused-ring (bicyclic) bond motifs is 1. The number of halogens is 1. The van der Waals surface area contributed by atoms with Gasteiger partial charge in [0.15, 0.2) is 5.16 Å². The zero-order valence-corrected chi connectivity index (χ0v) is 16.0. The minimum absolute atomic E-state index is 0.306. The first kappa shape index (κ1) is 17.7. The summed E-state index contributed by atoms with van der Waals surface area (Å²) in [6.45, 7) is 0.946. The second-order valence-corrected chi connectivity index (χ2v) is 7.69. The Morgan fingerprint density at radius 1 is 1.14 bits per heavy atom. The van der Waals surface area contributed by atoms with Gasteiger partial charge in [-0.3, -0.25) is 9.89 Å². The second kappa shape index (κ2) is 7.21. The summed E-state index contributed by atoms with van der Waals surface area (Å²) in [5, 5.41) is 10.9. The summed E-state index contributed by atoms with van der Waals surface area (Å²) in [7, 11) is 0. The number of hydrogen-bond acceptors (Lipinski definition) is 4. The van der Waals surface area contributed by atoms with Crippen molar-refractivity contribution in [3.05, 3.63) is 72.3 Å². The molecular weight excluding hydrogens is 389 g/mol. The highest BCUT2D eigenvalue weighted by molar-refractivity contribution is 7.99. The van der Waals surface area contributed by atoms with Crippen LogP contribution in [0.4, 0.5) is 10.1 Å². The lowest BCUT2D eigenvalue weighted by Gasteiger charge is -2.08. The molecule has 0 saturated heterocycles. The van der Waals surface area contributed by atoms with Gasteiger partial charge in [0.25, 0.3) is 5.91 Å². The lowest BCUT2D eigenvalue weighted by atomic mass is 10.1. The number of rotatable bonds is 4. The Morgan fingerprint density at radius 3 is 2.79 bits per heavy atom. The number of nitrogens with zero attached hydrogens (tertiary/aromatic N) is 3. The fraction of sp³-hybridized carbons (Fsp3) is 0.0952. The number of anilines is 1. The van der Waals surface area contributed by atoms with E-state index in [1.165, 1.54) is 12.1 Å². The summed E-state index contributed by atoms with van der Waals surface area (Å²) in [4.78, 5) is 17.4. The lowest BCUT2D eigenvalue weighted by molar-refractivity contribution is 0.102. The first-order valence-corrected chi connectivity index (χ1v) is 10.1. The number of thioether (sulfide) groups is 1. The monoisotopic (exact) mass is 405 g/mol. The van der Waals surface area contributed by atoms with E-state index in [-0.39, 0.29) is 11.7 Å². The summed E-state index contributed by atoms with van der Waals surface area (Å²) in [6.07, 6.45) is 2.02. The van der Waals surface area contributed by atoms with Crippen LogP contribution in [0.2, 0.25) is 0 Å². The van der Waals surface area contributed by atoms with E-state index < -0.39 is 0 Å². The molecule has 5 rings (SSSR count). The predicted molar refractivity (Wildman–Crippen MR) is 110 cm³/mol. The maximum Gasteiger partial charge on any atom is 0.273 e. The number of carbonyl (C=O) groups excluding carboxylic acids is 1. The van der Waals surface area contributed by atoms with E-state index in [1.54, 1.807) is 30.0 Å². The van der Waals surface area contributed by atoms with Gasteiger partial charge < -0.3 is 9.88 Å². The van der Waals surface area contributed by atoms with Crippen LogP contribution in [-0.4, -0.2) is 31.4 Å². The van der Waals surface area contributed by atoms with E-state index in [0.29, 0.717) is 17.1 Å². The van der Waals surface area contributed by atoms with Gasteiger partial charge in [-0.05, 0) is 36.4 Å². The first-order chi connectivity index (χ1) is 14.2. The topological polar surface area (TPSA) is 75.6 Å². The van der Waals surface area contributed by atoms with E-state index in [1.807, 2.05) is 30.5 Å². The molecule has 0 bridgehead atoms. The Morgan fingerprint density at radius 2 is 1.97 bits per heavy atom. The normalized spacial score (nSPS) is 12.7. The molecule has 3 heterocycles. The van der Waals surface area contributed by atoms with Gasteiger partial charge in [-0.15, -0.1) is 0 Å². The largest absolute Gasteiger partial charge is 0.325 e. The Bertz CT molecular complexity index is 1180. The molecule has 0 spiro atoms. The molecule has 2 aromatic carbocycles. The zero-order valence-electron chi connectivity index (χ0n) is 15.2. The molecule has 29 heavy (non-hydrogen) atoms. The molecule has 0 radical (unpaired) electrons. The summed E-state index contributed by atoms with van der Waals surface area (Å²) in [6, 6.07) is 15.2. The minimum Gasteiger partial charge on any atom is -0.325 e. The van der Waals surface area contributed by atoms with Crippen molar-refractivity contribution in [2.24, 2.45) is 0 Å². The molecule has 1 amide bonds. The third-order valence-electron chi connectivity index (χ3n) is 4.72. The molecule has 8 heteroatoms. The van der Waals surface area contributed by atoms with E-state index in [4.69, 9.17) is 0 Å². The summed E-state index contributed by atoms with van der Waals surface area (Å²) in [5.41, 5.74) is 4.00. The molecule has 0 atom stereocenters. The van der Waals surface area contributed by atoms with Crippen LogP contribution in [0, 0.1) is 5.82 Å². The van der Waals surface area contributed by atoms with E-state index >= 15 is 0 Å². The Balaban J connectivity index is 1.39. The Kier molecular flexibility index (Phi) is 4.40. The number of hydrogen-bond donors (Lipinski definition) is 2. The van der Waals surface area contributed by atoms with E-state index in [9.17, 15) is 9.18 Å². The van der Waals surface area contributed by atoms with Gasteiger partial charge in [-0.1, -0.05) is 30.0 Å². The third kappa shape index (κ3) is 3.42. The fourth-order valence-electron chi connectivity index (χ4n) is 3.25. The molecule has 4 aromatic rings. The van der Waals surface area contributed by atoms with Gasteiger partial charge >= 0.3 is 0 Å². The fourth-order valence-corrected chi connectivity index (χ4v) is 4.19. The van der Waals surface area contributed by atoms with Crippen molar-refractivity contribution in [2.75, 3.05) is 11.1 Å². The quantitative estimate of drug-likeness (QED) is 0.526. The van der Waals surface area contributed by atoms with Crippen LogP contribution in [0.15, 0.2) is 66.0 Å². The van der Waals surface area contributed by atoms with Crippen molar-refractivity contribution in [1.29, 1.82) is 0 Å². The molecule has 6 nitrogen and oxygen atoms in total. The number of amides is 1. The smallest absolute Gasteiger partial charge is 0.273 e. The molecule has 144 valence electrons. The predicted octanol–water partition coefficient (Wildman–Crippen LogP) is 4.44. The SMILES string of the molecule is O=C(Nc1ccccc1-c1cn2c(n1)SCC2)c1cc(-c2ccc(F)cc2)n[nH]1. The molecule has 2 aromatic heterocycles. The zero-order chi connectivity index (χ0) is 19.8. The van der Waals surface area contributed by atoms with Crippen molar-refractivity contribution >= 4 is 23.4 Å². The van der Waals surface area contributed by atoms with Crippen molar-refractivity contribution in [3.8, 4) is 22.5 Å². The van der Waals surface area contributed by atoms with Gasteiger partial charge in [0.05, 0.1) is 17.1 Å². The van der Waals surface area contributed by atoms with Crippen LogP contribution in [0.5, 0.6) is 0 Å².